The van der Waals surface area contributed by atoms with Crippen LogP contribution in [0.15, 0.2) is 30.6 Å². The first kappa shape index (κ1) is 20.1. The van der Waals surface area contributed by atoms with Gasteiger partial charge in [0.2, 0.25) is 0 Å². The lowest BCUT2D eigenvalue weighted by Gasteiger charge is -2.28. The van der Waals surface area contributed by atoms with Gasteiger partial charge in [0.25, 0.3) is 0 Å². The summed E-state index contributed by atoms with van der Waals surface area (Å²) >= 11 is 0. The van der Waals surface area contributed by atoms with E-state index in [4.69, 9.17) is 9.47 Å². The second-order valence-corrected chi connectivity index (χ2v) is 6.36. The lowest BCUT2D eigenvalue weighted by Crippen LogP contribution is -2.42. The zero-order valence-corrected chi connectivity index (χ0v) is 14.9. The molecule has 0 saturated heterocycles. The van der Waals surface area contributed by atoms with Gasteiger partial charge in [0.1, 0.15) is 18.8 Å². The highest BCUT2D eigenvalue weighted by molar-refractivity contribution is 5.76. The van der Waals surface area contributed by atoms with Gasteiger partial charge in [0.15, 0.2) is 18.9 Å². The van der Waals surface area contributed by atoms with E-state index in [1.807, 2.05) is 42.1 Å². The van der Waals surface area contributed by atoms with Crippen LogP contribution in [0, 0.1) is 5.41 Å². The number of esters is 2. The first-order valence-electron chi connectivity index (χ1n) is 8.23. The molecule has 1 N–H and O–H groups in total. The predicted octanol–water partition coefficient (Wildman–Crippen LogP) is 1.64. The van der Waals surface area contributed by atoms with Gasteiger partial charge in [-0.25, -0.2) is 4.57 Å². The van der Waals surface area contributed by atoms with Gasteiger partial charge in [-0.05, 0) is 26.7 Å². The zero-order valence-electron chi connectivity index (χ0n) is 14.9. The second-order valence-electron chi connectivity index (χ2n) is 6.36. The molecule has 6 nitrogen and oxygen atoms in total. The number of aliphatic hydroxyl groups is 1. The number of carbonyl (C=O) groups is 2. The van der Waals surface area contributed by atoms with E-state index in [1.54, 1.807) is 13.8 Å². The van der Waals surface area contributed by atoms with Gasteiger partial charge in [0, 0.05) is 19.1 Å². The quantitative estimate of drug-likeness (QED) is 0.547. The van der Waals surface area contributed by atoms with Crippen molar-refractivity contribution in [1.82, 2.24) is 0 Å². The van der Waals surface area contributed by atoms with Crippen molar-refractivity contribution in [3.05, 3.63) is 30.6 Å². The summed E-state index contributed by atoms with van der Waals surface area (Å²) in [7, 11) is 0. The first-order valence-corrected chi connectivity index (χ1v) is 8.23. The third-order valence-corrected chi connectivity index (χ3v) is 3.98. The topological polar surface area (TPSA) is 76.7 Å². The number of aliphatic hydroxyl groups excluding tert-OH is 1. The van der Waals surface area contributed by atoms with Crippen LogP contribution in [0.5, 0.6) is 0 Å². The number of pyridine rings is 1. The van der Waals surface area contributed by atoms with Crippen LogP contribution in [-0.4, -0.2) is 35.9 Å². The second kappa shape index (κ2) is 9.37. The van der Waals surface area contributed by atoms with Crippen LogP contribution in [0.4, 0.5) is 0 Å². The third kappa shape index (κ3) is 6.66. The Kier molecular flexibility index (Phi) is 7.85. The summed E-state index contributed by atoms with van der Waals surface area (Å²) in [6, 6.07) is 5.62. The van der Waals surface area contributed by atoms with E-state index < -0.39 is 11.5 Å². The van der Waals surface area contributed by atoms with E-state index >= 15 is 0 Å². The highest BCUT2D eigenvalue weighted by Crippen LogP contribution is 2.30. The predicted molar refractivity (Wildman–Crippen MR) is 87.8 cm³/mol. The van der Waals surface area contributed by atoms with Crippen molar-refractivity contribution < 1.29 is 28.7 Å². The Labute approximate surface area is 143 Å². The van der Waals surface area contributed by atoms with Crippen molar-refractivity contribution in [1.29, 1.82) is 0 Å². The summed E-state index contributed by atoms with van der Waals surface area (Å²) in [6.07, 6.45) is 3.45. The Balaban J connectivity index is 2.52. The molecule has 0 bridgehead atoms. The Hall–Kier alpha value is -1.95. The van der Waals surface area contributed by atoms with Crippen molar-refractivity contribution in [2.24, 2.45) is 5.41 Å². The smallest absolute Gasteiger partial charge is 0.312 e. The summed E-state index contributed by atoms with van der Waals surface area (Å²) < 4.78 is 12.2. The maximum atomic E-state index is 12.4. The van der Waals surface area contributed by atoms with Crippen LogP contribution in [0.2, 0.25) is 0 Å². The molecular weight excluding hydrogens is 310 g/mol. The zero-order chi connectivity index (χ0) is 18.2. The van der Waals surface area contributed by atoms with Gasteiger partial charge < -0.3 is 14.6 Å². The molecule has 134 valence electrons. The number of hydrogen-bond acceptors (Lipinski definition) is 5. The van der Waals surface area contributed by atoms with Crippen molar-refractivity contribution in [3.8, 4) is 0 Å². The van der Waals surface area contributed by atoms with Gasteiger partial charge in [-0.15, -0.1) is 0 Å². The van der Waals surface area contributed by atoms with Crippen molar-refractivity contribution in [2.75, 3.05) is 6.61 Å². The number of rotatable bonds is 9. The van der Waals surface area contributed by atoms with Crippen molar-refractivity contribution in [2.45, 2.75) is 59.3 Å². The molecule has 3 unspecified atom stereocenters. The standard InChI is InChI=1S/C18H28NO5/c1-5-18(4,11-14(2)24-15(3)20)17(22)23-13-16(21)12-19-9-7-6-8-10-19/h6-10,14,16,21H,5,11-13H2,1-4H3/q+1. The van der Waals surface area contributed by atoms with Gasteiger partial charge in [-0.2, -0.15) is 0 Å². The van der Waals surface area contributed by atoms with Crippen molar-refractivity contribution >= 4 is 11.9 Å². The summed E-state index contributed by atoms with van der Waals surface area (Å²) in [4.78, 5) is 23.4. The summed E-state index contributed by atoms with van der Waals surface area (Å²) in [5, 5.41) is 10.0. The van der Waals surface area contributed by atoms with E-state index in [0.29, 0.717) is 19.4 Å². The Morgan fingerprint density at radius 3 is 2.42 bits per heavy atom. The third-order valence-electron chi connectivity index (χ3n) is 3.98. The van der Waals surface area contributed by atoms with E-state index in [1.165, 1.54) is 6.92 Å². The van der Waals surface area contributed by atoms with Crippen molar-refractivity contribution in [3.63, 3.8) is 0 Å². The molecule has 1 rings (SSSR count). The normalized spacial score (nSPS) is 15.9. The monoisotopic (exact) mass is 338 g/mol. The van der Waals surface area contributed by atoms with Crippen LogP contribution in [0.1, 0.15) is 40.5 Å². The number of aromatic nitrogens is 1. The summed E-state index contributed by atoms with van der Waals surface area (Å²) in [5.74, 6) is -0.759. The average molecular weight is 338 g/mol. The molecule has 0 aliphatic carbocycles. The molecule has 1 aromatic heterocycles. The van der Waals surface area contributed by atoms with Crippen LogP contribution in [0.3, 0.4) is 0 Å². The largest absolute Gasteiger partial charge is 0.463 e. The highest BCUT2D eigenvalue weighted by Gasteiger charge is 2.36. The average Bonchev–Trinajstić information content (AvgIpc) is 2.52. The van der Waals surface area contributed by atoms with E-state index in [9.17, 15) is 14.7 Å². The molecule has 0 aliphatic heterocycles. The molecule has 0 fully saturated rings. The minimum absolute atomic E-state index is 0.0712. The van der Waals surface area contributed by atoms with E-state index in [0.717, 1.165) is 0 Å². The molecule has 0 radical (unpaired) electrons. The molecular formula is C18H28NO5+. The van der Waals surface area contributed by atoms with E-state index in [-0.39, 0.29) is 24.6 Å². The Morgan fingerprint density at radius 1 is 1.25 bits per heavy atom. The molecule has 24 heavy (non-hydrogen) atoms. The fourth-order valence-corrected chi connectivity index (χ4v) is 2.53. The number of nitrogens with zero attached hydrogens (tertiary/aromatic N) is 1. The SMILES string of the molecule is CCC(C)(CC(C)OC(C)=O)C(=O)OCC(O)C[n+]1ccccc1. The molecule has 1 aromatic rings. The summed E-state index contributed by atoms with van der Waals surface area (Å²) in [5.41, 5.74) is -0.755. The molecule has 0 aromatic carbocycles. The minimum atomic E-state index is -0.784. The fraction of sp³-hybridized carbons (Fsp3) is 0.611. The van der Waals surface area contributed by atoms with Gasteiger partial charge in [-0.1, -0.05) is 13.0 Å². The Bertz CT molecular complexity index is 533. The molecule has 0 saturated carbocycles. The van der Waals surface area contributed by atoms with Crippen LogP contribution in [0.25, 0.3) is 0 Å². The van der Waals surface area contributed by atoms with Gasteiger partial charge in [-0.3, -0.25) is 9.59 Å². The van der Waals surface area contributed by atoms with Crippen LogP contribution >= 0.6 is 0 Å². The first-order chi connectivity index (χ1) is 11.3. The molecule has 1 heterocycles. The molecule has 0 spiro atoms. The number of carbonyl (C=O) groups excluding carboxylic acids is 2. The molecule has 3 atom stereocenters. The number of ether oxygens (including phenoxy) is 2. The lowest BCUT2D eigenvalue weighted by atomic mass is 9.82. The maximum absolute atomic E-state index is 12.4. The Morgan fingerprint density at radius 2 is 1.88 bits per heavy atom. The molecule has 6 heteroatoms. The van der Waals surface area contributed by atoms with Crippen LogP contribution in [-0.2, 0) is 25.6 Å². The van der Waals surface area contributed by atoms with Gasteiger partial charge in [0.05, 0.1) is 5.41 Å². The highest BCUT2D eigenvalue weighted by atomic mass is 16.5. The number of hydrogen-bond donors (Lipinski definition) is 1. The molecule has 0 amide bonds. The summed E-state index contributed by atoms with van der Waals surface area (Å²) in [6.45, 7) is 7.05. The van der Waals surface area contributed by atoms with Crippen LogP contribution < -0.4 is 4.57 Å². The fourth-order valence-electron chi connectivity index (χ4n) is 2.53. The van der Waals surface area contributed by atoms with Gasteiger partial charge >= 0.3 is 11.9 Å². The minimum Gasteiger partial charge on any atom is -0.463 e. The lowest BCUT2D eigenvalue weighted by molar-refractivity contribution is -0.703. The van der Waals surface area contributed by atoms with E-state index in [2.05, 4.69) is 0 Å². The molecule has 0 aliphatic rings. The maximum Gasteiger partial charge on any atom is 0.312 e.